The zero-order valence-corrected chi connectivity index (χ0v) is 13.6. The van der Waals surface area contributed by atoms with Crippen LogP contribution in [-0.2, 0) is 16.4 Å². The number of nitrogens with one attached hydrogen (secondary N) is 1. The van der Waals surface area contributed by atoms with E-state index in [1.54, 1.807) is 18.2 Å². The molecule has 22 heavy (non-hydrogen) atoms. The highest BCUT2D eigenvalue weighted by atomic mass is 35.5. The van der Waals surface area contributed by atoms with Crippen molar-refractivity contribution >= 4 is 27.3 Å². The molecular weight excluding hydrogens is 320 g/mol. The van der Waals surface area contributed by atoms with Crippen molar-refractivity contribution in [3.63, 3.8) is 0 Å². The molecule has 2 aromatic carbocycles. The van der Waals surface area contributed by atoms with Gasteiger partial charge in [-0.2, -0.15) is 0 Å². The van der Waals surface area contributed by atoms with Gasteiger partial charge in [-0.1, -0.05) is 41.9 Å². The number of hydrogen-bond acceptors (Lipinski definition) is 3. The molecule has 0 amide bonds. The summed E-state index contributed by atoms with van der Waals surface area (Å²) in [6.07, 6.45) is 1.01. The smallest absolute Gasteiger partial charge is 0.242 e. The van der Waals surface area contributed by atoms with Crippen LogP contribution >= 0.6 is 11.6 Å². The van der Waals surface area contributed by atoms with E-state index in [1.807, 2.05) is 12.1 Å². The van der Waals surface area contributed by atoms with Gasteiger partial charge in [0.2, 0.25) is 10.0 Å². The van der Waals surface area contributed by atoms with E-state index in [0.717, 1.165) is 13.0 Å². The molecule has 6 heteroatoms. The molecule has 1 N–H and O–H groups in total. The van der Waals surface area contributed by atoms with Crippen LogP contribution in [0, 0.1) is 0 Å². The van der Waals surface area contributed by atoms with Crippen LogP contribution in [0.25, 0.3) is 0 Å². The van der Waals surface area contributed by atoms with Crippen LogP contribution in [0.1, 0.15) is 5.56 Å². The van der Waals surface area contributed by atoms with Gasteiger partial charge >= 0.3 is 0 Å². The molecule has 0 aromatic heterocycles. The fourth-order valence-corrected chi connectivity index (χ4v) is 4.23. The summed E-state index contributed by atoms with van der Waals surface area (Å²) in [6.45, 7) is 1.91. The van der Waals surface area contributed by atoms with Crippen molar-refractivity contribution in [2.45, 2.75) is 11.3 Å². The Kier molecular flexibility index (Phi) is 4.38. The van der Waals surface area contributed by atoms with Gasteiger partial charge in [-0.3, -0.25) is 0 Å². The predicted octanol–water partition coefficient (Wildman–Crippen LogP) is 2.68. The van der Waals surface area contributed by atoms with E-state index >= 15 is 0 Å². The Morgan fingerprint density at radius 2 is 1.82 bits per heavy atom. The van der Waals surface area contributed by atoms with E-state index in [1.165, 1.54) is 17.3 Å². The van der Waals surface area contributed by atoms with Gasteiger partial charge in [0.25, 0.3) is 0 Å². The summed E-state index contributed by atoms with van der Waals surface area (Å²) < 4.78 is 27.1. The lowest BCUT2D eigenvalue weighted by Gasteiger charge is -2.19. The molecule has 0 bridgehead atoms. The monoisotopic (exact) mass is 336 g/mol. The Morgan fingerprint density at radius 1 is 1.09 bits per heavy atom. The van der Waals surface area contributed by atoms with E-state index in [-0.39, 0.29) is 9.92 Å². The molecule has 2 aromatic rings. The van der Waals surface area contributed by atoms with E-state index in [2.05, 4.69) is 21.8 Å². The largest absolute Gasteiger partial charge is 0.370 e. The summed E-state index contributed by atoms with van der Waals surface area (Å²) in [5.41, 5.74) is 2.51. The minimum absolute atomic E-state index is 0.124. The minimum Gasteiger partial charge on any atom is -0.370 e. The Balaban J connectivity index is 1.63. The Bertz CT molecular complexity index is 777. The van der Waals surface area contributed by atoms with Crippen LogP contribution in [0.5, 0.6) is 0 Å². The average Bonchev–Trinajstić information content (AvgIpc) is 2.91. The lowest BCUT2D eigenvalue weighted by atomic mass is 10.2. The van der Waals surface area contributed by atoms with Crippen molar-refractivity contribution in [1.82, 2.24) is 4.72 Å². The van der Waals surface area contributed by atoms with Crippen molar-refractivity contribution in [3.8, 4) is 0 Å². The summed E-state index contributed by atoms with van der Waals surface area (Å²) in [4.78, 5) is 2.32. The van der Waals surface area contributed by atoms with E-state index in [9.17, 15) is 8.42 Å². The van der Waals surface area contributed by atoms with Crippen molar-refractivity contribution < 1.29 is 8.42 Å². The lowest BCUT2D eigenvalue weighted by molar-refractivity contribution is 0.581. The average molecular weight is 337 g/mol. The first-order valence-corrected chi connectivity index (χ1v) is 9.01. The number of sulfonamides is 1. The Labute approximate surface area is 135 Å². The summed E-state index contributed by atoms with van der Waals surface area (Å²) in [7, 11) is -3.57. The second kappa shape index (κ2) is 6.28. The van der Waals surface area contributed by atoms with Crippen molar-refractivity contribution in [1.29, 1.82) is 0 Å². The topological polar surface area (TPSA) is 49.4 Å². The highest BCUT2D eigenvalue weighted by Gasteiger charge is 2.20. The molecule has 0 saturated carbocycles. The van der Waals surface area contributed by atoms with Crippen LogP contribution in [-0.4, -0.2) is 28.1 Å². The molecule has 1 heterocycles. The highest BCUT2D eigenvalue weighted by molar-refractivity contribution is 7.89. The van der Waals surface area contributed by atoms with Gasteiger partial charge in [-0.25, -0.2) is 13.1 Å². The number of rotatable bonds is 5. The van der Waals surface area contributed by atoms with Gasteiger partial charge < -0.3 is 4.90 Å². The van der Waals surface area contributed by atoms with Gasteiger partial charge in [0.15, 0.2) is 0 Å². The number of hydrogen-bond donors (Lipinski definition) is 1. The molecule has 1 aliphatic heterocycles. The molecule has 0 spiro atoms. The third kappa shape index (κ3) is 3.11. The number of fused-ring (bicyclic) bond motifs is 1. The molecular formula is C16H17ClN2O2S. The molecule has 4 nitrogen and oxygen atoms in total. The quantitative estimate of drug-likeness (QED) is 0.913. The summed E-state index contributed by atoms with van der Waals surface area (Å²) in [5.74, 6) is 0. The van der Waals surface area contributed by atoms with E-state index in [4.69, 9.17) is 11.6 Å². The van der Waals surface area contributed by atoms with E-state index < -0.39 is 10.0 Å². The van der Waals surface area contributed by atoms with Crippen molar-refractivity contribution in [3.05, 3.63) is 59.1 Å². The molecule has 0 atom stereocenters. The van der Waals surface area contributed by atoms with E-state index in [0.29, 0.717) is 13.1 Å². The number of para-hydroxylation sites is 1. The molecule has 0 unspecified atom stereocenters. The van der Waals surface area contributed by atoms with Gasteiger partial charge in [-0.05, 0) is 30.2 Å². The summed E-state index contributed by atoms with van der Waals surface area (Å²) in [6, 6.07) is 14.7. The lowest BCUT2D eigenvalue weighted by Crippen LogP contribution is -2.34. The first kappa shape index (κ1) is 15.3. The predicted molar refractivity (Wildman–Crippen MR) is 89.0 cm³/mol. The third-order valence-corrected chi connectivity index (χ3v) is 5.74. The maximum Gasteiger partial charge on any atom is 0.242 e. The van der Waals surface area contributed by atoms with Crippen LogP contribution in [0.4, 0.5) is 5.69 Å². The first-order chi connectivity index (χ1) is 10.6. The van der Waals surface area contributed by atoms with Gasteiger partial charge in [0, 0.05) is 25.3 Å². The zero-order chi connectivity index (χ0) is 15.6. The highest BCUT2D eigenvalue weighted by Crippen LogP contribution is 2.26. The minimum atomic E-state index is -3.57. The normalized spacial score (nSPS) is 14.1. The molecule has 116 valence electrons. The Morgan fingerprint density at radius 3 is 2.64 bits per heavy atom. The summed E-state index contributed by atoms with van der Waals surface area (Å²) in [5, 5.41) is 0.238. The van der Waals surface area contributed by atoms with Crippen LogP contribution in [0.2, 0.25) is 5.02 Å². The van der Waals surface area contributed by atoms with Crippen molar-refractivity contribution in [2.24, 2.45) is 0 Å². The molecule has 3 rings (SSSR count). The second-order valence-electron chi connectivity index (χ2n) is 5.19. The molecule has 1 aliphatic rings. The summed E-state index contributed by atoms with van der Waals surface area (Å²) >= 11 is 5.95. The number of benzene rings is 2. The molecule has 0 aliphatic carbocycles. The molecule has 0 fully saturated rings. The van der Waals surface area contributed by atoms with Crippen LogP contribution in [0.3, 0.4) is 0 Å². The second-order valence-corrected chi connectivity index (χ2v) is 7.34. The Hall–Kier alpha value is -1.56. The third-order valence-electron chi connectivity index (χ3n) is 3.78. The van der Waals surface area contributed by atoms with Gasteiger partial charge in [-0.15, -0.1) is 0 Å². The fourth-order valence-electron chi connectivity index (χ4n) is 2.69. The first-order valence-electron chi connectivity index (χ1n) is 7.15. The number of anilines is 1. The van der Waals surface area contributed by atoms with Crippen LogP contribution in [0.15, 0.2) is 53.4 Å². The fraction of sp³-hybridized carbons (Fsp3) is 0.250. The van der Waals surface area contributed by atoms with Gasteiger partial charge in [0.1, 0.15) is 4.90 Å². The standard InChI is InChI=1S/C16H17ClN2O2S/c17-14-6-2-4-8-16(14)22(20,21)18-10-12-19-11-9-13-5-1-3-7-15(13)19/h1-8,18H,9-12H2. The maximum atomic E-state index is 12.3. The van der Waals surface area contributed by atoms with Crippen molar-refractivity contribution in [2.75, 3.05) is 24.5 Å². The number of nitrogens with zero attached hydrogens (tertiary/aromatic N) is 1. The molecule has 0 radical (unpaired) electrons. The number of halogens is 1. The SMILES string of the molecule is O=S(=O)(NCCN1CCc2ccccc21)c1ccccc1Cl. The molecule has 0 saturated heterocycles. The van der Waals surface area contributed by atoms with Gasteiger partial charge in [0.05, 0.1) is 5.02 Å². The maximum absolute atomic E-state index is 12.3. The zero-order valence-electron chi connectivity index (χ0n) is 12.0. The van der Waals surface area contributed by atoms with Crippen LogP contribution < -0.4 is 9.62 Å².